The third-order valence-corrected chi connectivity index (χ3v) is 5.85. The lowest BCUT2D eigenvalue weighted by molar-refractivity contribution is -0.119. The second-order valence-corrected chi connectivity index (χ2v) is 7.30. The second-order valence-electron chi connectivity index (χ2n) is 6.01. The van der Waals surface area contributed by atoms with E-state index in [0.29, 0.717) is 23.0 Å². The predicted octanol–water partition coefficient (Wildman–Crippen LogP) is 2.56. The summed E-state index contributed by atoms with van der Waals surface area (Å²) in [6.45, 7) is 4.40. The van der Waals surface area contributed by atoms with E-state index in [9.17, 15) is 4.79 Å². The van der Waals surface area contributed by atoms with E-state index in [0.717, 1.165) is 13.1 Å². The van der Waals surface area contributed by atoms with Gasteiger partial charge in [0.2, 0.25) is 5.91 Å². The maximum atomic E-state index is 12.0. The highest BCUT2D eigenvalue weighted by Gasteiger charge is 2.22. The SMILES string of the molecule is CC(NC(=O)CSC1CCNCC1)C1CCCCC1. The quantitative estimate of drug-likeness (QED) is 0.815. The molecule has 1 saturated carbocycles. The molecule has 1 saturated heterocycles. The Morgan fingerprint density at radius 3 is 2.58 bits per heavy atom. The molecule has 1 aliphatic heterocycles. The molecule has 0 aromatic rings. The van der Waals surface area contributed by atoms with Gasteiger partial charge >= 0.3 is 0 Å². The molecule has 19 heavy (non-hydrogen) atoms. The van der Waals surface area contributed by atoms with Gasteiger partial charge in [-0.05, 0) is 51.6 Å². The molecular weight excluding hydrogens is 256 g/mol. The van der Waals surface area contributed by atoms with Gasteiger partial charge in [0.25, 0.3) is 0 Å². The van der Waals surface area contributed by atoms with Crippen LogP contribution in [0.3, 0.4) is 0 Å². The number of hydrogen-bond acceptors (Lipinski definition) is 3. The molecule has 110 valence electrons. The van der Waals surface area contributed by atoms with Crippen molar-refractivity contribution in [2.24, 2.45) is 5.92 Å². The smallest absolute Gasteiger partial charge is 0.230 e. The average Bonchev–Trinajstić information content (AvgIpc) is 2.47. The molecule has 0 spiro atoms. The lowest BCUT2D eigenvalue weighted by Crippen LogP contribution is -2.40. The first kappa shape index (κ1) is 15.2. The van der Waals surface area contributed by atoms with Gasteiger partial charge in [0.05, 0.1) is 5.75 Å². The third kappa shape index (κ3) is 5.35. The fraction of sp³-hybridized carbons (Fsp3) is 0.933. The van der Waals surface area contributed by atoms with Gasteiger partial charge in [-0.2, -0.15) is 0 Å². The third-order valence-electron chi connectivity index (χ3n) is 4.48. The highest BCUT2D eigenvalue weighted by molar-refractivity contribution is 8.00. The Bertz CT molecular complexity index is 273. The van der Waals surface area contributed by atoms with Crippen LogP contribution in [-0.2, 0) is 4.79 Å². The normalized spacial score (nSPS) is 24.1. The zero-order valence-corrected chi connectivity index (χ0v) is 12.9. The van der Waals surface area contributed by atoms with Crippen LogP contribution in [-0.4, -0.2) is 36.0 Å². The Hall–Kier alpha value is -0.220. The average molecular weight is 284 g/mol. The van der Waals surface area contributed by atoms with E-state index < -0.39 is 0 Å². The first-order chi connectivity index (χ1) is 9.25. The van der Waals surface area contributed by atoms with Crippen LogP contribution in [0.25, 0.3) is 0 Å². The van der Waals surface area contributed by atoms with Crippen molar-refractivity contribution in [1.82, 2.24) is 10.6 Å². The minimum absolute atomic E-state index is 0.238. The van der Waals surface area contributed by atoms with Crippen LogP contribution >= 0.6 is 11.8 Å². The fourth-order valence-electron chi connectivity index (χ4n) is 3.20. The molecule has 4 heteroatoms. The topological polar surface area (TPSA) is 41.1 Å². The van der Waals surface area contributed by atoms with Gasteiger partial charge in [0, 0.05) is 11.3 Å². The Kier molecular flexibility index (Phi) is 6.51. The summed E-state index contributed by atoms with van der Waals surface area (Å²) in [5, 5.41) is 7.26. The molecule has 3 nitrogen and oxygen atoms in total. The monoisotopic (exact) mass is 284 g/mol. The molecule has 2 aliphatic rings. The molecule has 0 bridgehead atoms. The summed E-state index contributed by atoms with van der Waals surface area (Å²) < 4.78 is 0. The van der Waals surface area contributed by atoms with Gasteiger partial charge in [-0.25, -0.2) is 0 Å². The van der Waals surface area contributed by atoms with Crippen LogP contribution < -0.4 is 10.6 Å². The molecule has 1 atom stereocenters. The van der Waals surface area contributed by atoms with E-state index >= 15 is 0 Å². The molecular formula is C15H28N2OS. The molecule has 0 radical (unpaired) electrons. The van der Waals surface area contributed by atoms with Crippen LogP contribution in [0.2, 0.25) is 0 Å². The maximum Gasteiger partial charge on any atom is 0.230 e. The standard InChI is InChI=1S/C15H28N2OS/c1-12(13-5-3-2-4-6-13)17-15(18)11-19-14-7-9-16-10-8-14/h12-14,16H,2-11H2,1H3,(H,17,18). The number of carbonyl (C=O) groups excluding carboxylic acids is 1. The van der Waals surface area contributed by atoms with E-state index in [4.69, 9.17) is 0 Å². The lowest BCUT2D eigenvalue weighted by Gasteiger charge is -2.28. The Morgan fingerprint density at radius 1 is 1.21 bits per heavy atom. The van der Waals surface area contributed by atoms with Crippen molar-refractivity contribution in [2.75, 3.05) is 18.8 Å². The van der Waals surface area contributed by atoms with Crippen LogP contribution in [0, 0.1) is 5.92 Å². The molecule has 2 rings (SSSR count). The number of carbonyl (C=O) groups is 1. The van der Waals surface area contributed by atoms with E-state index in [1.807, 2.05) is 11.8 Å². The first-order valence-electron chi connectivity index (χ1n) is 7.87. The highest BCUT2D eigenvalue weighted by Crippen LogP contribution is 2.26. The molecule has 0 aromatic carbocycles. The summed E-state index contributed by atoms with van der Waals surface area (Å²) in [6, 6.07) is 0.362. The maximum absolute atomic E-state index is 12.0. The molecule has 2 fully saturated rings. The van der Waals surface area contributed by atoms with Gasteiger partial charge in [-0.15, -0.1) is 11.8 Å². The fourth-order valence-corrected chi connectivity index (χ4v) is 4.24. The van der Waals surface area contributed by atoms with Crippen molar-refractivity contribution in [2.45, 2.75) is 63.2 Å². The molecule has 2 N–H and O–H groups in total. The Morgan fingerprint density at radius 2 is 1.89 bits per heavy atom. The number of amides is 1. The largest absolute Gasteiger partial charge is 0.353 e. The van der Waals surface area contributed by atoms with Gasteiger partial charge in [-0.1, -0.05) is 19.3 Å². The van der Waals surface area contributed by atoms with Crippen LogP contribution in [0.15, 0.2) is 0 Å². The van der Waals surface area contributed by atoms with Crippen molar-refractivity contribution in [3.8, 4) is 0 Å². The summed E-state index contributed by atoms with van der Waals surface area (Å²) in [5.41, 5.74) is 0. The summed E-state index contributed by atoms with van der Waals surface area (Å²) >= 11 is 1.84. The second kappa shape index (κ2) is 8.15. The summed E-state index contributed by atoms with van der Waals surface area (Å²) in [5.74, 6) is 1.59. The van der Waals surface area contributed by atoms with E-state index in [1.165, 1.54) is 44.9 Å². The van der Waals surface area contributed by atoms with Gasteiger partial charge in [0.1, 0.15) is 0 Å². The highest BCUT2D eigenvalue weighted by atomic mass is 32.2. The zero-order chi connectivity index (χ0) is 13.5. The zero-order valence-electron chi connectivity index (χ0n) is 12.1. The lowest BCUT2D eigenvalue weighted by atomic mass is 9.84. The van der Waals surface area contributed by atoms with E-state index in [2.05, 4.69) is 17.6 Å². The number of rotatable bonds is 5. The molecule has 0 aromatic heterocycles. The number of nitrogens with one attached hydrogen (secondary N) is 2. The van der Waals surface area contributed by atoms with Gasteiger partial charge in [-0.3, -0.25) is 4.79 Å². The van der Waals surface area contributed by atoms with Crippen LogP contribution in [0.5, 0.6) is 0 Å². The first-order valence-corrected chi connectivity index (χ1v) is 8.92. The summed E-state index contributed by atoms with van der Waals surface area (Å²) in [4.78, 5) is 12.0. The minimum atomic E-state index is 0.238. The van der Waals surface area contributed by atoms with Crippen molar-refractivity contribution < 1.29 is 4.79 Å². The predicted molar refractivity (Wildman–Crippen MR) is 82.5 cm³/mol. The minimum Gasteiger partial charge on any atom is -0.353 e. The molecule has 1 unspecified atom stereocenters. The van der Waals surface area contributed by atoms with Gasteiger partial charge in [0.15, 0.2) is 0 Å². The van der Waals surface area contributed by atoms with Crippen LogP contribution in [0.4, 0.5) is 0 Å². The van der Waals surface area contributed by atoms with Crippen molar-refractivity contribution >= 4 is 17.7 Å². The van der Waals surface area contributed by atoms with Crippen molar-refractivity contribution in [1.29, 1.82) is 0 Å². The summed E-state index contributed by atoms with van der Waals surface area (Å²) in [6.07, 6.45) is 9.06. The van der Waals surface area contributed by atoms with Crippen LogP contribution in [0.1, 0.15) is 51.9 Å². The van der Waals surface area contributed by atoms with E-state index in [1.54, 1.807) is 0 Å². The number of piperidine rings is 1. The number of hydrogen-bond donors (Lipinski definition) is 2. The molecule has 1 aliphatic carbocycles. The Balaban J connectivity index is 1.62. The molecule has 1 amide bonds. The molecule has 1 heterocycles. The van der Waals surface area contributed by atoms with Gasteiger partial charge < -0.3 is 10.6 Å². The Labute approximate surface area is 121 Å². The van der Waals surface area contributed by atoms with Crippen molar-refractivity contribution in [3.05, 3.63) is 0 Å². The van der Waals surface area contributed by atoms with Crippen molar-refractivity contribution in [3.63, 3.8) is 0 Å². The van der Waals surface area contributed by atoms with E-state index in [-0.39, 0.29) is 5.91 Å². The summed E-state index contributed by atoms with van der Waals surface area (Å²) in [7, 11) is 0. The number of thioether (sulfide) groups is 1.